The third-order valence-corrected chi connectivity index (χ3v) is 7.75. The van der Waals surface area contributed by atoms with Crippen LogP contribution >= 0.6 is 11.6 Å². The summed E-state index contributed by atoms with van der Waals surface area (Å²) in [6.45, 7) is 2.07. The van der Waals surface area contributed by atoms with Gasteiger partial charge in [-0.15, -0.1) is 0 Å². The summed E-state index contributed by atoms with van der Waals surface area (Å²) in [6.07, 6.45) is 2.62. The lowest BCUT2D eigenvalue weighted by atomic mass is 10.1. The van der Waals surface area contributed by atoms with Crippen LogP contribution in [0.2, 0.25) is 5.02 Å². The number of ether oxygens (including phenoxy) is 1. The normalized spacial score (nSPS) is 14.8. The van der Waals surface area contributed by atoms with Gasteiger partial charge < -0.3 is 14.5 Å². The summed E-state index contributed by atoms with van der Waals surface area (Å²) < 4.78 is 37.9. The number of amides is 1. The number of esters is 1. The Labute approximate surface area is 196 Å². The van der Waals surface area contributed by atoms with Gasteiger partial charge in [-0.05, 0) is 44.0 Å². The Hall–Kier alpha value is -2.88. The van der Waals surface area contributed by atoms with Gasteiger partial charge in [-0.2, -0.15) is 4.31 Å². The van der Waals surface area contributed by atoms with Gasteiger partial charge in [0.1, 0.15) is 5.58 Å². The molecule has 2 heterocycles. The lowest BCUT2D eigenvalue weighted by Gasteiger charge is -2.26. The average Bonchev–Trinajstić information content (AvgIpc) is 3.16. The van der Waals surface area contributed by atoms with Crippen molar-refractivity contribution in [1.29, 1.82) is 0 Å². The smallest absolute Gasteiger partial charge is 0.375 e. The first-order valence-electron chi connectivity index (χ1n) is 10.5. The highest BCUT2D eigenvalue weighted by Gasteiger charge is 2.27. The predicted molar refractivity (Wildman–Crippen MR) is 124 cm³/mol. The molecule has 10 heteroatoms. The molecule has 3 aromatic rings. The van der Waals surface area contributed by atoms with Crippen molar-refractivity contribution in [3.63, 3.8) is 0 Å². The molecule has 0 spiro atoms. The number of para-hydroxylation sites is 1. The molecule has 0 unspecified atom stereocenters. The SMILES string of the molecule is Cc1c(C(=O)OCC(=O)Nc2cc(S(=O)(=O)N3CCCCC3)ccc2Cl)oc2ccccc12. The van der Waals surface area contributed by atoms with E-state index in [2.05, 4.69) is 5.32 Å². The molecule has 174 valence electrons. The number of hydrogen-bond donors (Lipinski definition) is 1. The van der Waals surface area contributed by atoms with Gasteiger partial charge in [0, 0.05) is 24.0 Å². The van der Waals surface area contributed by atoms with Gasteiger partial charge in [-0.1, -0.05) is 36.2 Å². The summed E-state index contributed by atoms with van der Waals surface area (Å²) in [5, 5.41) is 3.46. The molecule has 1 saturated heterocycles. The summed E-state index contributed by atoms with van der Waals surface area (Å²) in [5.74, 6) is -1.41. The summed E-state index contributed by atoms with van der Waals surface area (Å²) in [5.41, 5.74) is 1.29. The largest absolute Gasteiger partial charge is 0.450 e. The van der Waals surface area contributed by atoms with E-state index in [9.17, 15) is 18.0 Å². The molecule has 0 bridgehead atoms. The van der Waals surface area contributed by atoms with E-state index in [4.69, 9.17) is 20.8 Å². The Morgan fingerprint density at radius 2 is 1.85 bits per heavy atom. The van der Waals surface area contributed by atoms with Crippen molar-refractivity contribution in [3.05, 3.63) is 58.8 Å². The number of nitrogens with one attached hydrogen (secondary N) is 1. The summed E-state index contributed by atoms with van der Waals surface area (Å²) >= 11 is 6.15. The number of hydrogen-bond acceptors (Lipinski definition) is 6. The summed E-state index contributed by atoms with van der Waals surface area (Å²) in [7, 11) is -3.69. The van der Waals surface area contributed by atoms with Gasteiger partial charge >= 0.3 is 5.97 Å². The van der Waals surface area contributed by atoms with Crippen molar-refractivity contribution in [2.45, 2.75) is 31.1 Å². The molecule has 1 amide bonds. The number of fused-ring (bicyclic) bond motifs is 1. The van der Waals surface area contributed by atoms with Crippen molar-refractivity contribution >= 4 is 50.2 Å². The number of piperidine rings is 1. The first kappa shape index (κ1) is 23.3. The Bertz CT molecular complexity index is 1310. The van der Waals surface area contributed by atoms with Crippen LogP contribution in [0.5, 0.6) is 0 Å². The number of sulfonamides is 1. The molecular formula is C23H23ClN2O6S. The van der Waals surface area contributed by atoms with Gasteiger partial charge in [0.15, 0.2) is 6.61 Å². The maximum absolute atomic E-state index is 12.9. The topological polar surface area (TPSA) is 106 Å². The van der Waals surface area contributed by atoms with E-state index in [1.165, 1.54) is 22.5 Å². The fourth-order valence-corrected chi connectivity index (χ4v) is 5.48. The molecule has 0 radical (unpaired) electrons. The molecule has 1 N–H and O–H groups in total. The van der Waals surface area contributed by atoms with E-state index < -0.39 is 28.5 Å². The van der Waals surface area contributed by atoms with Crippen molar-refractivity contribution < 1.29 is 27.2 Å². The Balaban J connectivity index is 1.43. The summed E-state index contributed by atoms with van der Waals surface area (Å²) in [4.78, 5) is 24.8. The van der Waals surface area contributed by atoms with Crippen LogP contribution in [0, 0.1) is 6.92 Å². The van der Waals surface area contributed by atoms with Crippen molar-refractivity contribution in [2.24, 2.45) is 0 Å². The minimum Gasteiger partial charge on any atom is -0.450 e. The van der Waals surface area contributed by atoms with Crippen LogP contribution in [0.25, 0.3) is 11.0 Å². The third-order valence-electron chi connectivity index (χ3n) is 5.53. The van der Waals surface area contributed by atoms with Gasteiger partial charge in [0.05, 0.1) is 15.6 Å². The second-order valence-corrected chi connectivity index (χ2v) is 10.1. The maximum atomic E-state index is 12.9. The van der Waals surface area contributed by atoms with Gasteiger partial charge in [-0.25, -0.2) is 13.2 Å². The number of benzene rings is 2. The fraction of sp³-hybridized carbons (Fsp3) is 0.304. The van der Waals surface area contributed by atoms with Crippen LogP contribution in [0.15, 0.2) is 51.8 Å². The van der Waals surface area contributed by atoms with Crippen LogP contribution in [-0.4, -0.2) is 44.3 Å². The first-order chi connectivity index (χ1) is 15.8. The second kappa shape index (κ2) is 9.54. The second-order valence-electron chi connectivity index (χ2n) is 7.78. The van der Waals surface area contributed by atoms with Crippen molar-refractivity contribution in [2.75, 3.05) is 25.0 Å². The highest BCUT2D eigenvalue weighted by molar-refractivity contribution is 7.89. The van der Waals surface area contributed by atoms with Crippen molar-refractivity contribution in [1.82, 2.24) is 4.31 Å². The fourth-order valence-electron chi connectivity index (χ4n) is 3.77. The molecule has 1 fully saturated rings. The minimum absolute atomic E-state index is 0.0247. The Morgan fingerprint density at radius 3 is 2.58 bits per heavy atom. The predicted octanol–water partition coefficient (Wildman–Crippen LogP) is 4.36. The number of anilines is 1. The van der Waals surface area contributed by atoms with E-state index in [1.807, 2.05) is 12.1 Å². The monoisotopic (exact) mass is 490 g/mol. The maximum Gasteiger partial charge on any atom is 0.375 e. The molecule has 4 rings (SSSR count). The molecule has 0 saturated carbocycles. The summed E-state index contributed by atoms with van der Waals surface area (Å²) in [6, 6.07) is 11.3. The minimum atomic E-state index is -3.69. The number of rotatable bonds is 6. The molecule has 1 aliphatic heterocycles. The van der Waals surface area contributed by atoms with Crippen LogP contribution in [0.4, 0.5) is 5.69 Å². The third kappa shape index (κ3) is 4.90. The number of aryl methyl sites for hydroxylation is 1. The Kier molecular flexibility index (Phi) is 6.73. The lowest BCUT2D eigenvalue weighted by molar-refractivity contribution is -0.119. The van der Waals surface area contributed by atoms with E-state index >= 15 is 0 Å². The van der Waals surface area contributed by atoms with E-state index in [0.29, 0.717) is 24.2 Å². The highest BCUT2D eigenvalue weighted by Crippen LogP contribution is 2.29. The molecular weight excluding hydrogens is 468 g/mol. The number of halogens is 1. The number of carbonyl (C=O) groups is 2. The molecule has 2 aromatic carbocycles. The zero-order chi connectivity index (χ0) is 23.6. The average molecular weight is 491 g/mol. The molecule has 0 atom stereocenters. The molecule has 1 aromatic heterocycles. The highest BCUT2D eigenvalue weighted by atomic mass is 35.5. The number of furan rings is 1. The zero-order valence-electron chi connectivity index (χ0n) is 18.0. The van der Waals surface area contributed by atoms with Crippen LogP contribution < -0.4 is 5.32 Å². The number of nitrogens with zero attached hydrogens (tertiary/aromatic N) is 1. The zero-order valence-corrected chi connectivity index (χ0v) is 19.5. The van der Waals surface area contributed by atoms with E-state index in [1.54, 1.807) is 19.1 Å². The van der Waals surface area contributed by atoms with Crippen molar-refractivity contribution in [3.8, 4) is 0 Å². The van der Waals surface area contributed by atoms with E-state index in [0.717, 1.165) is 24.6 Å². The lowest BCUT2D eigenvalue weighted by Crippen LogP contribution is -2.35. The van der Waals surface area contributed by atoms with Gasteiger partial charge in [0.2, 0.25) is 15.8 Å². The van der Waals surface area contributed by atoms with E-state index in [-0.39, 0.29) is 21.4 Å². The van der Waals surface area contributed by atoms with Crippen LogP contribution in [-0.2, 0) is 19.6 Å². The first-order valence-corrected chi connectivity index (χ1v) is 12.3. The van der Waals surface area contributed by atoms with Crippen LogP contribution in [0.3, 0.4) is 0 Å². The van der Waals surface area contributed by atoms with Crippen LogP contribution in [0.1, 0.15) is 35.4 Å². The molecule has 0 aliphatic carbocycles. The number of carbonyl (C=O) groups excluding carboxylic acids is 2. The van der Waals surface area contributed by atoms with Gasteiger partial charge in [0.25, 0.3) is 5.91 Å². The molecule has 1 aliphatic rings. The standard InChI is InChI=1S/C23H23ClN2O6S/c1-15-17-7-3-4-8-20(17)32-22(15)23(28)31-14-21(27)25-19-13-16(9-10-18(19)24)33(29,30)26-11-5-2-6-12-26/h3-4,7-10,13H,2,5-6,11-12,14H2,1H3,(H,25,27). The van der Waals surface area contributed by atoms with Gasteiger partial charge in [-0.3, -0.25) is 4.79 Å². The quantitative estimate of drug-likeness (QED) is 0.514. The molecule has 33 heavy (non-hydrogen) atoms. The Morgan fingerprint density at radius 1 is 1.12 bits per heavy atom. The molecule has 8 nitrogen and oxygen atoms in total.